The molecule has 2 rings (SSSR count). The molecule has 0 spiro atoms. The Morgan fingerprint density at radius 2 is 2.08 bits per heavy atom. The van der Waals surface area contributed by atoms with Crippen LogP contribution in [-0.2, 0) is 4.79 Å². The lowest BCUT2D eigenvalue weighted by molar-refractivity contribution is -0.128. The van der Waals surface area contributed by atoms with Crippen LogP contribution in [0.25, 0.3) is 0 Å². The summed E-state index contributed by atoms with van der Waals surface area (Å²) in [7, 11) is 0. The van der Waals surface area contributed by atoms with E-state index in [1.54, 1.807) is 0 Å². The third-order valence-corrected chi connectivity index (χ3v) is 3.90. The summed E-state index contributed by atoms with van der Waals surface area (Å²) >= 11 is 0. The van der Waals surface area contributed by atoms with Crippen molar-refractivity contribution in [1.82, 2.24) is 0 Å². The van der Waals surface area contributed by atoms with Crippen LogP contribution in [0.3, 0.4) is 0 Å². The molecule has 0 radical (unpaired) electrons. The summed E-state index contributed by atoms with van der Waals surface area (Å²) in [4.78, 5) is 11.5. The molecule has 0 bridgehead atoms. The van der Waals surface area contributed by atoms with E-state index in [1.165, 1.54) is 18.4 Å². The van der Waals surface area contributed by atoms with Crippen LogP contribution in [0.1, 0.15) is 39.0 Å². The SMILES string of the molecule is C=C1CCC2C(CCC(=O)C2C)C1. The van der Waals surface area contributed by atoms with Crippen LogP contribution < -0.4 is 0 Å². The Morgan fingerprint density at radius 1 is 1.31 bits per heavy atom. The van der Waals surface area contributed by atoms with E-state index in [0.717, 1.165) is 25.2 Å². The van der Waals surface area contributed by atoms with Crippen LogP contribution in [-0.4, -0.2) is 5.78 Å². The highest BCUT2D eigenvalue weighted by atomic mass is 16.1. The van der Waals surface area contributed by atoms with Gasteiger partial charge in [0.2, 0.25) is 0 Å². The zero-order valence-electron chi connectivity index (χ0n) is 8.38. The normalized spacial score (nSPS) is 40.2. The van der Waals surface area contributed by atoms with Crippen molar-refractivity contribution >= 4 is 5.78 Å². The maximum Gasteiger partial charge on any atom is 0.135 e. The maximum absolute atomic E-state index is 11.5. The van der Waals surface area contributed by atoms with E-state index in [4.69, 9.17) is 0 Å². The average Bonchev–Trinajstić information content (AvgIpc) is 2.12. The Balaban J connectivity index is 2.10. The molecule has 2 saturated carbocycles. The Kier molecular flexibility index (Phi) is 2.27. The second-order valence-electron chi connectivity index (χ2n) is 4.71. The summed E-state index contributed by atoms with van der Waals surface area (Å²) in [6, 6.07) is 0. The molecule has 3 atom stereocenters. The minimum absolute atomic E-state index is 0.326. The lowest BCUT2D eigenvalue weighted by Gasteiger charge is -2.39. The summed E-state index contributed by atoms with van der Waals surface area (Å²) in [6.45, 7) is 6.18. The fourth-order valence-electron chi connectivity index (χ4n) is 3.00. The van der Waals surface area contributed by atoms with Gasteiger partial charge in [-0.3, -0.25) is 4.79 Å². The minimum Gasteiger partial charge on any atom is -0.299 e. The third kappa shape index (κ3) is 1.56. The van der Waals surface area contributed by atoms with E-state index in [-0.39, 0.29) is 0 Å². The van der Waals surface area contributed by atoms with Gasteiger partial charge in [-0.2, -0.15) is 0 Å². The van der Waals surface area contributed by atoms with Crippen LogP contribution in [0.2, 0.25) is 0 Å². The molecule has 0 N–H and O–H groups in total. The molecule has 72 valence electrons. The van der Waals surface area contributed by atoms with Crippen molar-refractivity contribution in [3.63, 3.8) is 0 Å². The van der Waals surface area contributed by atoms with Gasteiger partial charge in [0.1, 0.15) is 5.78 Å². The summed E-state index contributed by atoms with van der Waals surface area (Å²) in [5.41, 5.74) is 1.41. The quantitative estimate of drug-likeness (QED) is 0.521. The van der Waals surface area contributed by atoms with Gasteiger partial charge >= 0.3 is 0 Å². The van der Waals surface area contributed by atoms with E-state index in [1.807, 2.05) is 0 Å². The van der Waals surface area contributed by atoms with Crippen LogP contribution in [0.15, 0.2) is 12.2 Å². The zero-order valence-corrected chi connectivity index (χ0v) is 8.38. The van der Waals surface area contributed by atoms with Gasteiger partial charge < -0.3 is 0 Å². The van der Waals surface area contributed by atoms with Gasteiger partial charge in [0.05, 0.1) is 0 Å². The molecule has 0 aromatic heterocycles. The number of rotatable bonds is 0. The van der Waals surface area contributed by atoms with Gasteiger partial charge in [-0.05, 0) is 37.5 Å². The molecule has 2 aliphatic carbocycles. The summed E-state index contributed by atoms with van der Waals surface area (Å²) in [5.74, 6) is 2.27. The first-order chi connectivity index (χ1) is 6.18. The van der Waals surface area contributed by atoms with Crippen LogP contribution in [0.4, 0.5) is 0 Å². The summed E-state index contributed by atoms with van der Waals surface area (Å²) < 4.78 is 0. The Bertz CT molecular complexity index is 242. The van der Waals surface area contributed by atoms with Crippen molar-refractivity contribution in [2.24, 2.45) is 17.8 Å². The Labute approximate surface area is 80.2 Å². The van der Waals surface area contributed by atoms with Crippen molar-refractivity contribution in [2.75, 3.05) is 0 Å². The van der Waals surface area contributed by atoms with E-state index in [0.29, 0.717) is 17.6 Å². The van der Waals surface area contributed by atoms with Gasteiger partial charge in [0.25, 0.3) is 0 Å². The first-order valence-electron chi connectivity index (χ1n) is 5.38. The van der Waals surface area contributed by atoms with Crippen molar-refractivity contribution in [3.05, 3.63) is 12.2 Å². The number of hydrogen-bond acceptors (Lipinski definition) is 1. The highest BCUT2D eigenvalue weighted by Crippen LogP contribution is 2.43. The van der Waals surface area contributed by atoms with Crippen molar-refractivity contribution in [2.45, 2.75) is 39.0 Å². The number of ketones is 1. The molecular weight excluding hydrogens is 160 g/mol. The van der Waals surface area contributed by atoms with Crippen LogP contribution in [0, 0.1) is 17.8 Å². The maximum atomic E-state index is 11.5. The van der Waals surface area contributed by atoms with E-state index >= 15 is 0 Å². The number of carbonyl (C=O) groups is 1. The van der Waals surface area contributed by atoms with Gasteiger partial charge in [0, 0.05) is 12.3 Å². The van der Waals surface area contributed by atoms with Crippen LogP contribution >= 0.6 is 0 Å². The Hall–Kier alpha value is -0.590. The molecule has 2 aliphatic rings. The molecule has 0 aliphatic heterocycles. The number of hydrogen-bond donors (Lipinski definition) is 0. The van der Waals surface area contributed by atoms with Crippen LogP contribution in [0.5, 0.6) is 0 Å². The monoisotopic (exact) mass is 178 g/mol. The molecule has 0 aromatic carbocycles. The molecular formula is C12H18O. The van der Waals surface area contributed by atoms with Gasteiger partial charge in [0.15, 0.2) is 0 Å². The lowest BCUT2D eigenvalue weighted by Crippen LogP contribution is -2.35. The van der Waals surface area contributed by atoms with Gasteiger partial charge in [-0.1, -0.05) is 19.1 Å². The predicted octanol–water partition coefficient (Wildman–Crippen LogP) is 2.96. The molecule has 0 amide bonds. The molecule has 1 nitrogen and oxygen atoms in total. The molecule has 1 heteroatoms. The summed E-state index contributed by atoms with van der Waals surface area (Å²) in [6.07, 6.45) is 5.47. The van der Waals surface area contributed by atoms with E-state index in [9.17, 15) is 4.79 Å². The number of Topliss-reactive ketones (excluding diaryl/α,β-unsaturated/α-hetero) is 1. The molecule has 0 saturated heterocycles. The highest BCUT2D eigenvalue weighted by Gasteiger charge is 2.37. The largest absolute Gasteiger partial charge is 0.299 e. The average molecular weight is 178 g/mol. The number of fused-ring (bicyclic) bond motifs is 1. The van der Waals surface area contributed by atoms with E-state index in [2.05, 4.69) is 13.5 Å². The fraction of sp³-hybridized carbons (Fsp3) is 0.750. The fourth-order valence-corrected chi connectivity index (χ4v) is 3.00. The first-order valence-corrected chi connectivity index (χ1v) is 5.38. The molecule has 0 aromatic rings. The first kappa shape index (κ1) is 8.98. The lowest BCUT2D eigenvalue weighted by atomic mass is 9.65. The number of carbonyl (C=O) groups excluding carboxylic acids is 1. The predicted molar refractivity (Wildman–Crippen MR) is 53.4 cm³/mol. The van der Waals surface area contributed by atoms with Crippen molar-refractivity contribution in [3.8, 4) is 0 Å². The standard InChI is InChI=1S/C12H18O/c1-8-3-5-11-9(2)12(13)6-4-10(11)7-8/h9-11H,1,3-7H2,2H3. The molecule has 0 heterocycles. The second kappa shape index (κ2) is 3.28. The number of allylic oxidation sites excluding steroid dienone is 1. The van der Waals surface area contributed by atoms with Gasteiger partial charge in [-0.15, -0.1) is 0 Å². The highest BCUT2D eigenvalue weighted by molar-refractivity contribution is 5.81. The topological polar surface area (TPSA) is 17.1 Å². The van der Waals surface area contributed by atoms with Gasteiger partial charge in [-0.25, -0.2) is 0 Å². The summed E-state index contributed by atoms with van der Waals surface area (Å²) in [5, 5.41) is 0. The zero-order chi connectivity index (χ0) is 9.42. The smallest absolute Gasteiger partial charge is 0.135 e. The molecule has 2 fully saturated rings. The third-order valence-electron chi connectivity index (χ3n) is 3.90. The molecule has 13 heavy (non-hydrogen) atoms. The second-order valence-corrected chi connectivity index (χ2v) is 4.71. The van der Waals surface area contributed by atoms with E-state index < -0.39 is 0 Å². The minimum atomic E-state index is 0.326. The molecule has 3 unspecified atom stereocenters. The van der Waals surface area contributed by atoms with Crippen molar-refractivity contribution < 1.29 is 4.79 Å². The van der Waals surface area contributed by atoms with Crippen molar-refractivity contribution in [1.29, 1.82) is 0 Å². The Morgan fingerprint density at radius 3 is 2.85 bits per heavy atom.